The quantitative estimate of drug-likeness (QED) is 0.502. The number of nitrogens with one attached hydrogen (secondary N) is 1. The zero-order valence-corrected chi connectivity index (χ0v) is 12.7. The summed E-state index contributed by atoms with van der Waals surface area (Å²) in [6.45, 7) is 0.981. The van der Waals surface area contributed by atoms with Gasteiger partial charge < -0.3 is 14.9 Å². The maximum Gasteiger partial charge on any atom is 0.362 e. The molecule has 0 aliphatic carbocycles. The van der Waals surface area contributed by atoms with E-state index in [-0.39, 0.29) is 22.2 Å². The molecular weight excluding hydrogens is 335 g/mol. The van der Waals surface area contributed by atoms with Gasteiger partial charge in [0.15, 0.2) is 0 Å². The Morgan fingerprint density at radius 2 is 2.14 bits per heavy atom. The monoisotopic (exact) mass is 344 g/mol. The fourth-order valence-corrected chi connectivity index (χ4v) is 2.95. The molecule has 0 saturated heterocycles. The van der Waals surface area contributed by atoms with Crippen molar-refractivity contribution in [3.63, 3.8) is 0 Å². The number of hydrogen-bond donors (Lipinski definition) is 4. The number of imidazole rings is 1. The van der Waals surface area contributed by atoms with Crippen LogP contribution in [0.2, 0.25) is 5.02 Å². The van der Waals surface area contributed by atoms with E-state index in [4.69, 9.17) is 11.6 Å². The van der Waals surface area contributed by atoms with Gasteiger partial charge in [0.1, 0.15) is 11.3 Å². The van der Waals surface area contributed by atoms with Crippen molar-refractivity contribution in [1.82, 2.24) is 30.0 Å². The molecule has 3 heterocycles. The lowest BCUT2D eigenvalue weighted by atomic mass is 10.2. The Morgan fingerprint density at radius 1 is 1.41 bits per heavy atom. The van der Waals surface area contributed by atoms with Crippen LogP contribution in [0.5, 0.6) is 0 Å². The third-order valence-corrected chi connectivity index (χ3v) is 4.86. The Morgan fingerprint density at radius 3 is 2.73 bits per heavy atom. The zero-order chi connectivity index (χ0) is 16.1. The molecule has 0 bridgehead atoms. The van der Waals surface area contributed by atoms with Crippen LogP contribution in [0.25, 0.3) is 17.2 Å². The SMILES string of the molecule is CC(O)(c1c(Cl)ccc2ncc(-c3nn[nH]n3)n12)P(=O)(O)O. The molecule has 22 heavy (non-hydrogen) atoms. The highest BCUT2D eigenvalue weighted by atomic mass is 35.5. The molecule has 0 radical (unpaired) electrons. The molecule has 0 aliphatic rings. The number of fused-ring (bicyclic) bond motifs is 1. The molecular formula is C10H10ClN6O4P. The first kappa shape index (κ1) is 15.1. The number of aromatic amines is 1. The summed E-state index contributed by atoms with van der Waals surface area (Å²) in [5, 5.41) is 21.1. The zero-order valence-electron chi connectivity index (χ0n) is 11.0. The van der Waals surface area contributed by atoms with E-state index in [1.807, 2.05) is 0 Å². The Kier molecular flexibility index (Phi) is 3.31. The summed E-state index contributed by atoms with van der Waals surface area (Å²) in [6.07, 6.45) is 1.38. The van der Waals surface area contributed by atoms with Crippen LogP contribution >= 0.6 is 19.2 Å². The molecule has 3 aromatic rings. The number of H-pyrrole nitrogens is 1. The first-order valence-corrected chi connectivity index (χ1v) is 7.91. The summed E-state index contributed by atoms with van der Waals surface area (Å²) in [6, 6.07) is 2.93. The maximum atomic E-state index is 11.7. The standard InChI is InChI=1S/C10H10ClN6O4P/c1-10(18,22(19,20)21)8-5(11)2-3-7-12-4-6(17(7)8)9-13-15-16-14-9/h2-4,18H,1H3,(H2,19,20,21)(H,13,14,15,16). The summed E-state index contributed by atoms with van der Waals surface area (Å²) in [5.74, 6) is 0.137. The van der Waals surface area contributed by atoms with E-state index in [2.05, 4.69) is 25.6 Å². The van der Waals surface area contributed by atoms with Crippen molar-refractivity contribution in [3.8, 4) is 11.5 Å². The molecule has 116 valence electrons. The van der Waals surface area contributed by atoms with E-state index >= 15 is 0 Å². The van der Waals surface area contributed by atoms with Crippen molar-refractivity contribution in [2.45, 2.75) is 12.3 Å². The molecule has 0 fully saturated rings. The van der Waals surface area contributed by atoms with Crippen molar-refractivity contribution < 1.29 is 19.5 Å². The average Bonchev–Trinajstić information content (AvgIpc) is 3.04. The molecule has 0 aliphatic heterocycles. The normalized spacial score (nSPS) is 15.1. The van der Waals surface area contributed by atoms with Gasteiger partial charge in [-0.25, -0.2) is 4.98 Å². The van der Waals surface area contributed by atoms with Gasteiger partial charge in [-0.1, -0.05) is 11.6 Å². The number of tetrazole rings is 1. The van der Waals surface area contributed by atoms with Gasteiger partial charge in [-0.15, -0.1) is 10.2 Å². The highest BCUT2D eigenvalue weighted by Gasteiger charge is 2.46. The molecule has 0 saturated carbocycles. The number of aliphatic hydroxyl groups is 1. The molecule has 3 rings (SSSR count). The number of hydrogen-bond acceptors (Lipinski definition) is 6. The van der Waals surface area contributed by atoms with Gasteiger partial charge in [0.25, 0.3) is 0 Å². The van der Waals surface area contributed by atoms with Gasteiger partial charge in [0.2, 0.25) is 11.2 Å². The Hall–Kier alpha value is -1.84. The Balaban J connectivity index is 2.42. The fraction of sp³-hybridized carbons (Fsp3) is 0.200. The van der Waals surface area contributed by atoms with Gasteiger partial charge in [-0.3, -0.25) is 8.97 Å². The number of nitrogens with zero attached hydrogens (tertiary/aromatic N) is 5. The second-order valence-electron chi connectivity index (χ2n) is 4.67. The van der Waals surface area contributed by atoms with Crippen LogP contribution in [0.15, 0.2) is 18.3 Å². The van der Waals surface area contributed by atoms with E-state index in [0.29, 0.717) is 5.65 Å². The summed E-state index contributed by atoms with van der Waals surface area (Å²) in [5.41, 5.74) is 0.375. The van der Waals surface area contributed by atoms with Gasteiger partial charge in [0.05, 0.1) is 16.9 Å². The summed E-state index contributed by atoms with van der Waals surface area (Å²) >= 11 is 6.07. The van der Waals surface area contributed by atoms with Crippen LogP contribution in [0, 0.1) is 0 Å². The van der Waals surface area contributed by atoms with Crippen molar-refractivity contribution in [2.24, 2.45) is 0 Å². The number of aromatic nitrogens is 6. The van der Waals surface area contributed by atoms with E-state index in [0.717, 1.165) is 6.92 Å². The predicted molar refractivity (Wildman–Crippen MR) is 75.0 cm³/mol. The first-order valence-electron chi connectivity index (χ1n) is 5.92. The van der Waals surface area contributed by atoms with Crippen LogP contribution in [0.1, 0.15) is 12.6 Å². The van der Waals surface area contributed by atoms with Gasteiger partial charge >= 0.3 is 7.60 Å². The number of pyridine rings is 1. The predicted octanol–water partition coefficient (Wildman–Crippen LogP) is 0.510. The minimum atomic E-state index is -4.94. The minimum absolute atomic E-state index is 0.0384. The topological polar surface area (TPSA) is 150 Å². The van der Waals surface area contributed by atoms with Gasteiger partial charge in [0, 0.05) is 0 Å². The average molecular weight is 345 g/mol. The van der Waals surface area contributed by atoms with Crippen LogP contribution in [-0.2, 0) is 9.91 Å². The number of halogens is 1. The fourth-order valence-electron chi connectivity index (χ4n) is 2.06. The molecule has 0 aromatic carbocycles. The van der Waals surface area contributed by atoms with E-state index in [9.17, 15) is 19.5 Å². The maximum absolute atomic E-state index is 11.7. The molecule has 12 heteroatoms. The lowest BCUT2D eigenvalue weighted by Gasteiger charge is -2.27. The van der Waals surface area contributed by atoms with Crippen LogP contribution in [0.4, 0.5) is 0 Å². The highest BCUT2D eigenvalue weighted by Crippen LogP contribution is 2.56. The van der Waals surface area contributed by atoms with Crippen LogP contribution in [0.3, 0.4) is 0 Å². The summed E-state index contributed by atoms with van der Waals surface area (Å²) in [7, 11) is -4.94. The van der Waals surface area contributed by atoms with Crippen molar-refractivity contribution >= 4 is 24.8 Å². The molecule has 10 nitrogen and oxygen atoms in total. The van der Waals surface area contributed by atoms with E-state index < -0.39 is 12.9 Å². The minimum Gasteiger partial charge on any atom is -0.372 e. The van der Waals surface area contributed by atoms with Crippen molar-refractivity contribution in [3.05, 3.63) is 29.0 Å². The smallest absolute Gasteiger partial charge is 0.362 e. The third-order valence-electron chi connectivity index (χ3n) is 3.21. The largest absolute Gasteiger partial charge is 0.372 e. The molecule has 3 aromatic heterocycles. The van der Waals surface area contributed by atoms with E-state index in [1.165, 1.54) is 22.7 Å². The lowest BCUT2D eigenvalue weighted by molar-refractivity contribution is 0.103. The molecule has 0 spiro atoms. The summed E-state index contributed by atoms with van der Waals surface area (Å²) < 4.78 is 13.0. The first-order chi connectivity index (χ1) is 10.2. The second-order valence-corrected chi connectivity index (χ2v) is 7.03. The molecule has 1 unspecified atom stereocenters. The summed E-state index contributed by atoms with van der Waals surface area (Å²) in [4.78, 5) is 23.0. The second kappa shape index (κ2) is 4.83. The highest BCUT2D eigenvalue weighted by molar-refractivity contribution is 7.52. The molecule has 1 atom stereocenters. The van der Waals surface area contributed by atoms with Crippen LogP contribution in [-0.4, -0.2) is 44.9 Å². The lowest BCUT2D eigenvalue weighted by Crippen LogP contribution is -2.25. The van der Waals surface area contributed by atoms with Crippen LogP contribution < -0.4 is 0 Å². The van der Waals surface area contributed by atoms with E-state index in [1.54, 1.807) is 0 Å². The van der Waals surface area contributed by atoms with Gasteiger partial charge in [-0.2, -0.15) is 5.21 Å². The Labute approximate surface area is 127 Å². The van der Waals surface area contributed by atoms with Gasteiger partial charge in [-0.05, 0) is 24.3 Å². The molecule has 0 amide bonds. The number of rotatable bonds is 3. The third kappa shape index (κ3) is 2.13. The Bertz CT molecular complexity index is 886. The van der Waals surface area contributed by atoms with Crippen molar-refractivity contribution in [2.75, 3.05) is 0 Å². The molecule has 4 N–H and O–H groups in total. The van der Waals surface area contributed by atoms with Crippen molar-refractivity contribution in [1.29, 1.82) is 0 Å².